The largest absolute Gasteiger partial charge is 0.409 e. The van der Waals surface area contributed by atoms with E-state index in [0.717, 1.165) is 12.8 Å². The van der Waals surface area contributed by atoms with Gasteiger partial charge in [-0.3, -0.25) is 0 Å². The third kappa shape index (κ3) is 20.8. The van der Waals surface area contributed by atoms with Crippen molar-refractivity contribution in [1.29, 1.82) is 0 Å². The van der Waals surface area contributed by atoms with Crippen LogP contribution < -0.4 is 0 Å². The standard InChI is InChI=1S/C18H38Cl2OSi/c1-2-3-4-5-6-7-8-9-10-11-12-13-14-15-16-17-18-22(19,20)21/h21H,2-18H2,1H3. The molecule has 0 fully saturated rings. The fourth-order valence-electron chi connectivity index (χ4n) is 2.89. The van der Waals surface area contributed by atoms with Gasteiger partial charge in [0.05, 0.1) is 0 Å². The van der Waals surface area contributed by atoms with E-state index in [4.69, 9.17) is 22.2 Å². The molecule has 134 valence electrons. The van der Waals surface area contributed by atoms with Crippen molar-refractivity contribution in [2.45, 2.75) is 116 Å². The van der Waals surface area contributed by atoms with E-state index in [2.05, 4.69) is 6.92 Å². The van der Waals surface area contributed by atoms with Crippen molar-refractivity contribution in [3.05, 3.63) is 0 Å². The number of unbranched alkanes of at least 4 members (excludes halogenated alkanes) is 15. The molecule has 0 heterocycles. The zero-order valence-electron chi connectivity index (χ0n) is 14.7. The fraction of sp³-hybridized carbons (Fsp3) is 1.00. The van der Waals surface area contributed by atoms with Crippen LogP contribution >= 0.6 is 22.2 Å². The predicted molar refractivity (Wildman–Crippen MR) is 104 cm³/mol. The molecule has 0 atom stereocenters. The summed E-state index contributed by atoms with van der Waals surface area (Å²) in [4.78, 5) is 9.30. The molecule has 0 aliphatic heterocycles. The van der Waals surface area contributed by atoms with E-state index in [1.54, 1.807) is 0 Å². The van der Waals surface area contributed by atoms with Crippen molar-refractivity contribution < 1.29 is 4.80 Å². The molecule has 0 radical (unpaired) electrons. The molecule has 0 aromatic heterocycles. The zero-order valence-corrected chi connectivity index (χ0v) is 17.2. The van der Waals surface area contributed by atoms with Crippen molar-refractivity contribution in [2.24, 2.45) is 0 Å². The summed E-state index contributed by atoms with van der Waals surface area (Å²) in [6, 6.07) is 0.620. The van der Waals surface area contributed by atoms with Gasteiger partial charge in [-0.25, -0.2) is 0 Å². The zero-order chi connectivity index (χ0) is 16.5. The first-order valence-electron chi connectivity index (χ1n) is 9.66. The first-order valence-corrected chi connectivity index (χ1v) is 13.8. The molecule has 0 amide bonds. The third-order valence-corrected chi connectivity index (χ3v) is 6.42. The van der Waals surface area contributed by atoms with E-state index in [9.17, 15) is 4.80 Å². The van der Waals surface area contributed by atoms with Crippen LogP contribution in [0.1, 0.15) is 110 Å². The Hall–Kier alpha value is 0.757. The Labute approximate surface area is 149 Å². The lowest BCUT2D eigenvalue weighted by Gasteiger charge is -2.07. The molecule has 0 bridgehead atoms. The minimum Gasteiger partial charge on any atom is -0.409 e. The summed E-state index contributed by atoms with van der Waals surface area (Å²) in [6.45, 7) is -0.541. The molecule has 1 nitrogen and oxygen atoms in total. The maximum atomic E-state index is 9.30. The first-order chi connectivity index (χ1) is 10.6. The summed E-state index contributed by atoms with van der Waals surface area (Å²) in [5, 5.41) is 0. The van der Waals surface area contributed by atoms with Crippen molar-refractivity contribution in [2.75, 3.05) is 0 Å². The van der Waals surface area contributed by atoms with E-state index < -0.39 is 6.94 Å². The molecule has 0 aromatic rings. The Kier molecular flexibility index (Phi) is 17.2. The van der Waals surface area contributed by atoms with Crippen LogP contribution in [0.25, 0.3) is 0 Å². The normalized spacial score (nSPS) is 12.0. The van der Waals surface area contributed by atoms with Crippen LogP contribution in [-0.2, 0) is 0 Å². The van der Waals surface area contributed by atoms with Gasteiger partial charge in [0.2, 0.25) is 0 Å². The van der Waals surface area contributed by atoms with Gasteiger partial charge in [0.15, 0.2) is 0 Å². The summed E-state index contributed by atoms with van der Waals surface area (Å²) in [7, 11) is 0. The van der Waals surface area contributed by atoms with Crippen molar-refractivity contribution >= 4 is 29.1 Å². The molecular formula is C18H38Cl2OSi. The molecule has 22 heavy (non-hydrogen) atoms. The lowest BCUT2D eigenvalue weighted by atomic mass is 10.0. The molecule has 0 saturated carbocycles. The Balaban J connectivity index is 3.00. The van der Waals surface area contributed by atoms with Crippen molar-refractivity contribution in [3.63, 3.8) is 0 Å². The summed E-state index contributed by atoms with van der Waals surface area (Å²) in [5.41, 5.74) is 0. The maximum Gasteiger partial charge on any atom is 0.386 e. The van der Waals surface area contributed by atoms with Crippen LogP contribution in [0.2, 0.25) is 6.04 Å². The minimum absolute atomic E-state index is 0.620. The summed E-state index contributed by atoms with van der Waals surface area (Å²) in [6.07, 6.45) is 21.7. The minimum atomic E-state index is -2.82. The first kappa shape index (κ1) is 22.8. The van der Waals surface area contributed by atoms with Gasteiger partial charge < -0.3 is 4.80 Å². The van der Waals surface area contributed by atoms with Gasteiger partial charge in [-0.1, -0.05) is 110 Å². The number of hydrogen-bond acceptors (Lipinski definition) is 1. The highest BCUT2D eigenvalue weighted by molar-refractivity contribution is 7.41. The Morgan fingerprint density at radius 2 is 0.818 bits per heavy atom. The van der Waals surface area contributed by atoms with Gasteiger partial charge >= 0.3 is 6.94 Å². The van der Waals surface area contributed by atoms with Gasteiger partial charge in [0, 0.05) is 0 Å². The quantitative estimate of drug-likeness (QED) is 0.158. The molecule has 0 aliphatic carbocycles. The molecule has 0 unspecified atom stereocenters. The second kappa shape index (κ2) is 16.6. The van der Waals surface area contributed by atoms with Gasteiger partial charge in [-0.2, -0.15) is 0 Å². The van der Waals surface area contributed by atoms with Crippen LogP contribution in [0.5, 0.6) is 0 Å². The SMILES string of the molecule is CCCCCCCCCCCCCCCCCC[Si](O)(Cl)Cl. The molecule has 0 saturated heterocycles. The van der Waals surface area contributed by atoms with Crippen LogP contribution in [0.4, 0.5) is 0 Å². The lowest BCUT2D eigenvalue weighted by molar-refractivity contribution is 0.529. The van der Waals surface area contributed by atoms with Gasteiger partial charge in [-0.15, -0.1) is 22.2 Å². The van der Waals surface area contributed by atoms with Gasteiger partial charge in [-0.05, 0) is 6.04 Å². The van der Waals surface area contributed by atoms with E-state index in [-0.39, 0.29) is 0 Å². The van der Waals surface area contributed by atoms with Crippen molar-refractivity contribution in [3.8, 4) is 0 Å². The van der Waals surface area contributed by atoms with Crippen molar-refractivity contribution in [1.82, 2.24) is 0 Å². The Morgan fingerprint density at radius 1 is 0.545 bits per heavy atom. The van der Waals surface area contributed by atoms with E-state index >= 15 is 0 Å². The summed E-state index contributed by atoms with van der Waals surface area (Å²) < 4.78 is 0. The highest BCUT2D eigenvalue weighted by atomic mass is 35.7. The summed E-state index contributed by atoms with van der Waals surface area (Å²) in [5.74, 6) is 0. The molecule has 0 aliphatic rings. The average Bonchev–Trinajstić information content (AvgIpc) is 2.45. The molecule has 0 rings (SSSR count). The van der Waals surface area contributed by atoms with Crippen LogP contribution in [0.3, 0.4) is 0 Å². The van der Waals surface area contributed by atoms with Crippen LogP contribution in [0.15, 0.2) is 0 Å². The van der Waals surface area contributed by atoms with E-state index in [1.165, 1.54) is 89.9 Å². The van der Waals surface area contributed by atoms with Crippen LogP contribution in [0, 0.1) is 0 Å². The highest BCUT2D eigenvalue weighted by Gasteiger charge is 2.23. The van der Waals surface area contributed by atoms with E-state index in [1.807, 2.05) is 0 Å². The van der Waals surface area contributed by atoms with E-state index in [0.29, 0.717) is 6.04 Å². The monoisotopic (exact) mass is 368 g/mol. The lowest BCUT2D eigenvalue weighted by Crippen LogP contribution is -2.17. The Morgan fingerprint density at radius 3 is 1.09 bits per heavy atom. The predicted octanol–water partition coefficient (Wildman–Crippen LogP) is 7.66. The average molecular weight is 369 g/mol. The Bertz CT molecular complexity index is 220. The smallest absolute Gasteiger partial charge is 0.386 e. The fourth-order valence-corrected chi connectivity index (χ4v) is 4.36. The molecule has 1 N–H and O–H groups in total. The molecule has 0 aromatic carbocycles. The van der Waals surface area contributed by atoms with Crippen LogP contribution in [-0.4, -0.2) is 11.7 Å². The molecular weight excluding hydrogens is 331 g/mol. The van der Waals surface area contributed by atoms with Gasteiger partial charge in [0.1, 0.15) is 0 Å². The molecule has 4 heteroatoms. The highest BCUT2D eigenvalue weighted by Crippen LogP contribution is 2.20. The second-order valence-corrected chi connectivity index (χ2v) is 12.9. The number of halogens is 2. The number of hydrogen-bond donors (Lipinski definition) is 1. The topological polar surface area (TPSA) is 20.2 Å². The van der Waals surface area contributed by atoms with Gasteiger partial charge in [0.25, 0.3) is 0 Å². The number of rotatable bonds is 17. The third-order valence-electron chi connectivity index (χ3n) is 4.33. The maximum absolute atomic E-state index is 9.30. The summed E-state index contributed by atoms with van der Waals surface area (Å²) >= 11 is 11.3. The second-order valence-electron chi connectivity index (χ2n) is 6.72. The molecule has 0 spiro atoms.